The maximum atomic E-state index is 12.0. The van der Waals surface area contributed by atoms with Crippen LogP contribution >= 0.6 is 0 Å². The first-order valence-corrected chi connectivity index (χ1v) is 9.17. The van der Waals surface area contributed by atoms with Crippen LogP contribution in [-0.4, -0.2) is 46.2 Å². The Morgan fingerprint density at radius 3 is 2.67 bits per heavy atom. The summed E-state index contributed by atoms with van der Waals surface area (Å²) in [4.78, 5) is 22.8. The van der Waals surface area contributed by atoms with E-state index in [1.807, 2.05) is 0 Å². The number of hydrogen-bond donors (Lipinski definition) is 2. The Kier molecular flexibility index (Phi) is 5.66. The topological polar surface area (TPSA) is 105 Å². The number of hydrogen-bond acceptors (Lipinski definition) is 5. The molecule has 0 radical (unpaired) electrons. The third-order valence-corrected chi connectivity index (χ3v) is 5.44. The zero-order chi connectivity index (χ0) is 17.7. The number of carbonyl (C=O) groups excluding carboxylic acids is 2. The van der Waals surface area contributed by atoms with Crippen LogP contribution in [0.2, 0.25) is 0 Å². The van der Waals surface area contributed by atoms with Gasteiger partial charge in [-0.3, -0.25) is 13.9 Å². The fourth-order valence-corrected chi connectivity index (χ4v) is 4.00. The van der Waals surface area contributed by atoms with E-state index in [0.29, 0.717) is 30.1 Å². The van der Waals surface area contributed by atoms with Gasteiger partial charge < -0.3 is 15.4 Å². The van der Waals surface area contributed by atoms with E-state index in [9.17, 15) is 18.0 Å². The third kappa shape index (κ3) is 4.38. The third-order valence-electron chi connectivity index (χ3n) is 3.57. The second-order valence-corrected chi connectivity index (χ2v) is 7.42. The van der Waals surface area contributed by atoms with Crippen molar-refractivity contribution in [3.63, 3.8) is 0 Å². The van der Waals surface area contributed by atoms with Crippen molar-refractivity contribution in [1.82, 2.24) is 5.32 Å². The fraction of sp³-hybridized carbons (Fsp3) is 0.467. The molecule has 1 fully saturated rings. The molecule has 1 aliphatic heterocycles. The molecular weight excluding hydrogens is 334 g/mol. The molecule has 0 spiro atoms. The van der Waals surface area contributed by atoms with E-state index in [1.165, 1.54) is 18.3 Å². The summed E-state index contributed by atoms with van der Waals surface area (Å²) in [7, 11) is -1.83. The number of benzene rings is 1. The molecule has 0 aromatic heterocycles. The van der Waals surface area contributed by atoms with Crippen molar-refractivity contribution in [2.24, 2.45) is 0 Å². The van der Waals surface area contributed by atoms with Crippen LogP contribution in [0.4, 0.5) is 11.4 Å². The molecule has 0 bridgehead atoms. The minimum absolute atomic E-state index is 0.106. The number of rotatable bonds is 6. The van der Waals surface area contributed by atoms with Gasteiger partial charge in [0.15, 0.2) is 0 Å². The number of sulfonamides is 1. The van der Waals surface area contributed by atoms with Gasteiger partial charge in [-0.05, 0) is 24.6 Å². The smallest absolute Gasteiger partial charge is 0.235 e. The van der Waals surface area contributed by atoms with Crippen LogP contribution < -0.4 is 19.7 Å². The van der Waals surface area contributed by atoms with E-state index in [0.717, 1.165) is 0 Å². The largest absolute Gasteiger partial charge is 0.495 e. The Morgan fingerprint density at radius 2 is 2.08 bits per heavy atom. The predicted octanol–water partition coefficient (Wildman–Crippen LogP) is 0.700. The molecule has 1 saturated heterocycles. The summed E-state index contributed by atoms with van der Waals surface area (Å²) in [6.07, 6.45) is 0.682. The fourth-order valence-electron chi connectivity index (χ4n) is 2.44. The zero-order valence-corrected chi connectivity index (χ0v) is 14.5. The first-order valence-electron chi connectivity index (χ1n) is 7.56. The highest BCUT2D eigenvalue weighted by atomic mass is 32.2. The van der Waals surface area contributed by atoms with Gasteiger partial charge >= 0.3 is 0 Å². The number of ether oxygens (including phenoxy) is 1. The predicted molar refractivity (Wildman–Crippen MR) is 90.7 cm³/mol. The monoisotopic (exact) mass is 355 g/mol. The standard InChI is InChI=1S/C15H21N3O5S/c1-11(19)16-7-6-15(20)17-13-10-12(4-5-14(13)23-2)18-8-3-9-24(18,21)22/h4-5,10H,3,6-9H2,1-2H3,(H,16,19)(H,17,20). The van der Waals surface area contributed by atoms with Gasteiger partial charge in [0.05, 0.1) is 24.2 Å². The maximum absolute atomic E-state index is 12.0. The van der Waals surface area contributed by atoms with E-state index in [-0.39, 0.29) is 30.5 Å². The molecule has 2 amide bonds. The molecule has 9 heteroatoms. The van der Waals surface area contributed by atoms with Gasteiger partial charge in [0.1, 0.15) is 5.75 Å². The van der Waals surface area contributed by atoms with Crippen LogP contribution in [0.5, 0.6) is 5.75 Å². The molecule has 1 aromatic rings. The molecule has 1 heterocycles. The van der Waals surface area contributed by atoms with E-state index < -0.39 is 10.0 Å². The second-order valence-electron chi connectivity index (χ2n) is 5.41. The molecule has 0 atom stereocenters. The van der Waals surface area contributed by atoms with Crippen molar-refractivity contribution in [3.8, 4) is 5.75 Å². The van der Waals surface area contributed by atoms with E-state index in [4.69, 9.17) is 4.74 Å². The molecule has 132 valence electrons. The lowest BCUT2D eigenvalue weighted by Crippen LogP contribution is -2.26. The van der Waals surface area contributed by atoms with Crippen molar-refractivity contribution >= 4 is 33.2 Å². The highest BCUT2D eigenvalue weighted by Gasteiger charge is 2.29. The highest BCUT2D eigenvalue weighted by molar-refractivity contribution is 7.93. The summed E-state index contributed by atoms with van der Waals surface area (Å²) >= 11 is 0. The van der Waals surface area contributed by atoms with Gasteiger partial charge in [-0.1, -0.05) is 0 Å². The Bertz CT molecular complexity index is 733. The maximum Gasteiger partial charge on any atom is 0.235 e. The molecule has 1 aromatic carbocycles. The lowest BCUT2D eigenvalue weighted by Gasteiger charge is -2.19. The summed E-state index contributed by atoms with van der Waals surface area (Å²) in [5.41, 5.74) is 0.885. The summed E-state index contributed by atoms with van der Waals surface area (Å²) in [5, 5.41) is 5.23. The normalized spacial score (nSPS) is 15.8. The molecule has 2 rings (SSSR count). The van der Waals surface area contributed by atoms with E-state index in [2.05, 4.69) is 10.6 Å². The Morgan fingerprint density at radius 1 is 1.33 bits per heavy atom. The summed E-state index contributed by atoms with van der Waals surface area (Å²) in [6.45, 7) is 2.02. The summed E-state index contributed by atoms with van der Waals surface area (Å²) in [5.74, 6) is 0.0468. The Labute approximate surface area is 141 Å². The van der Waals surface area contributed by atoms with Crippen LogP contribution in [0.25, 0.3) is 0 Å². The molecule has 2 N–H and O–H groups in total. The number of nitrogens with zero attached hydrogens (tertiary/aromatic N) is 1. The zero-order valence-electron chi connectivity index (χ0n) is 13.7. The average Bonchev–Trinajstić information content (AvgIpc) is 2.86. The lowest BCUT2D eigenvalue weighted by atomic mass is 10.2. The number of amides is 2. The molecule has 0 aliphatic carbocycles. The molecule has 0 saturated carbocycles. The van der Waals surface area contributed by atoms with Crippen LogP contribution in [0, 0.1) is 0 Å². The number of methoxy groups -OCH3 is 1. The SMILES string of the molecule is COc1ccc(N2CCCS2(=O)=O)cc1NC(=O)CCNC(C)=O. The number of carbonyl (C=O) groups is 2. The summed E-state index contributed by atoms with van der Waals surface area (Å²) in [6, 6.07) is 4.85. The first kappa shape index (κ1) is 18.1. The second kappa shape index (κ2) is 7.52. The van der Waals surface area contributed by atoms with Gasteiger partial charge in [-0.25, -0.2) is 8.42 Å². The Hall–Kier alpha value is -2.29. The van der Waals surface area contributed by atoms with Crippen molar-refractivity contribution in [1.29, 1.82) is 0 Å². The van der Waals surface area contributed by atoms with Gasteiger partial charge in [0, 0.05) is 26.4 Å². The van der Waals surface area contributed by atoms with E-state index in [1.54, 1.807) is 18.2 Å². The Balaban J connectivity index is 2.14. The van der Waals surface area contributed by atoms with Crippen LogP contribution in [0.3, 0.4) is 0 Å². The molecule has 0 unspecified atom stereocenters. The minimum atomic E-state index is -3.30. The lowest BCUT2D eigenvalue weighted by molar-refractivity contribution is -0.119. The first-order chi connectivity index (χ1) is 11.3. The van der Waals surface area contributed by atoms with Crippen LogP contribution in [0.1, 0.15) is 19.8 Å². The van der Waals surface area contributed by atoms with Crippen molar-refractivity contribution < 1.29 is 22.7 Å². The molecule has 24 heavy (non-hydrogen) atoms. The van der Waals surface area contributed by atoms with Crippen molar-refractivity contribution in [2.45, 2.75) is 19.8 Å². The van der Waals surface area contributed by atoms with Gasteiger partial charge in [-0.15, -0.1) is 0 Å². The summed E-state index contributed by atoms with van der Waals surface area (Å²) < 4.78 is 30.6. The molecule has 8 nitrogen and oxygen atoms in total. The van der Waals surface area contributed by atoms with Crippen LogP contribution in [0.15, 0.2) is 18.2 Å². The highest BCUT2D eigenvalue weighted by Crippen LogP contribution is 2.32. The molecular formula is C15H21N3O5S. The number of nitrogens with one attached hydrogen (secondary N) is 2. The van der Waals surface area contributed by atoms with E-state index >= 15 is 0 Å². The average molecular weight is 355 g/mol. The molecule has 1 aliphatic rings. The van der Waals surface area contributed by atoms with Crippen LogP contribution in [-0.2, 0) is 19.6 Å². The minimum Gasteiger partial charge on any atom is -0.495 e. The number of anilines is 2. The van der Waals surface area contributed by atoms with Gasteiger partial charge in [0.2, 0.25) is 21.8 Å². The van der Waals surface area contributed by atoms with Gasteiger partial charge in [0.25, 0.3) is 0 Å². The quantitative estimate of drug-likeness (QED) is 0.781. The van der Waals surface area contributed by atoms with Gasteiger partial charge in [-0.2, -0.15) is 0 Å². The van der Waals surface area contributed by atoms with Crippen molar-refractivity contribution in [3.05, 3.63) is 18.2 Å². The van der Waals surface area contributed by atoms with Crippen molar-refractivity contribution in [2.75, 3.05) is 35.6 Å².